The van der Waals surface area contributed by atoms with Crippen molar-refractivity contribution in [2.24, 2.45) is 0 Å². The van der Waals surface area contributed by atoms with Crippen molar-refractivity contribution >= 4 is 43.9 Å². The van der Waals surface area contributed by atoms with Crippen LogP contribution >= 0.6 is 22.9 Å². The van der Waals surface area contributed by atoms with Gasteiger partial charge in [-0.2, -0.15) is 0 Å². The molecule has 2 heterocycles. The van der Waals surface area contributed by atoms with Gasteiger partial charge in [0.2, 0.25) is 0 Å². The average Bonchev–Trinajstić information content (AvgIpc) is 2.67. The van der Waals surface area contributed by atoms with Crippen LogP contribution in [0.4, 0.5) is 10.9 Å². The van der Waals surface area contributed by atoms with Gasteiger partial charge >= 0.3 is 0 Å². The molecule has 0 unspecified atom stereocenters. The lowest BCUT2D eigenvalue weighted by Gasteiger charge is -2.05. The van der Waals surface area contributed by atoms with Crippen LogP contribution in [0, 0.1) is 6.92 Å². The van der Waals surface area contributed by atoms with Crippen molar-refractivity contribution in [2.75, 3.05) is 10.5 Å². The van der Waals surface area contributed by atoms with E-state index in [-0.39, 0.29) is 15.7 Å². The third-order valence-electron chi connectivity index (χ3n) is 2.00. The molecule has 2 aromatic rings. The van der Waals surface area contributed by atoms with E-state index in [0.717, 1.165) is 11.1 Å². The van der Waals surface area contributed by atoms with Crippen molar-refractivity contribution in [3.8, 4) is 0 Å². The highest BCUT2D eigenvalue weighted by molar-refractivity contribution is 7.93. The number of hydrogen-bond acceptors (Lipinski definition) is 6. The van der Waals surface area contributed by atoms with Crippen molar-refractivity contribution in [3.05, 3.63) is 28.4 Å². The first kappa shape index (κ1) is 13.1. The van der Waals surface area contributed by atoms with Crippen molar-refractivity contribution < 1.29 is 8.42 Å². The minimum Gasteiger partial charge on any atom is -0.382 e. The van der Waals surface area contributed by atoms with Crippen molar-refractivity contribution in [1.82, 2.24) is 9.97 Å². The summed E-state index contributed by atoms with van der Waals surface area (Å²) in [6, 6.07) is 1.24. The molecule has 0 radical (unpaired) electrons. The number of hydrogen-bond donors (Lipinski definition) is 2. The Labute approximate surface area is 113 Å². The Bertz CT molecular complexity index is 684. The summed E-state index contributed by atoms with van der Waals surface area (Å²) in [7, 11) is -3.74. The molecule has 96 valence electrons. The number of halogens is 1. The highest BCUT2D eigenvalue weighted by Gasteiger charge is 2.17. The van der Waals surface area contributed by atoms with Crippen LogP contribution in [-0.4, -0.2) is 18.4 Å². The summed E-state index contributed by atoms with van der Waals surface area (Å²) >= 11 is 6.97. The van der Waals surface area contributed by atoms with Crippen molar-refractivity contribution in [1.29, 1.82) is 0 Å². The maximum absolute atomic E-state index is 12.0. The molecule has 0 fully saturated rings. The number of pyridine rings is 1. The average molecular weight is 305 g/mol. The van der Waals surface area contributed by atoms with E-state index < -0.39 is 10.0 Å². The van der Waals surface area contributed by atoms with Gasteiger partial charge in [-0.25, -0.2) is 18.4 Å². The zero-order valence-corrected chi connectivity index (χ0v) is 11.6. The Hall–Kier alpha value is -1.38. The molecule has 9 heteroatoms. The zero-order valence-electron chi connectivity index (χ0n) is 9.21. The van der Waals surface area contributed by atoms with Crippen molar-refractivity contribution in [2.45, 2.75) is 11.8 Å². The maximum Gasteiger partial charge on any atom is 0.265 e. The molecule has 0 aliphatic carbocycles. The molecule has 0 aliphatic rings. The number of sulfonamides is 1. The first-order valence-corrected chi connectivity index (χ1v) is 7.42. The summed E-state index contributed by atoms with van der Waals surface area (Å²) in [5.74, 6) is 0.0840. The predicted octanol–water partition coefficient (Wildman–Crippen LogP) is 1.88. The number of nitrogens with zero attached hydrogens (tertiary/aromatic N) is 2. The number of thiazole rings is 1. The fraction of sp³-hybridized carbons (Fsp3) is 0.111. The molecule has 0 aliphatic heterocycles. The van der Waals surface area contributed by atoms with Crippen LogP contribution in [0.3, 0.4) is 0 Å². The molecule has 18 heavy (non-hydrogen) atoms. The van der Waals surface area contributed by atoms with Gasteiger partial charge in [0.15, 0.2) is 5.13 Å². The Kier molecular flexibility index (Phi) is 3.42. The first-order chi connectivity index (χ1) is 8.38. The van der Waals surface area contributed by atoms with Gasteiger partial charge in [-0.3, -0.25) is 4.72 Å². The maximum atomic E-state index is 12.0. The molecule has 3 N–H and O–H groups in total. The van der Waals surface area contributed by atoms with E-state index in [1.165, 1.54) is 17.4 Å². The molecular formula is C9H9ClN4O2S2. The smallest absolute Gasteiger partial charge is 0.265 e. The highest BCUT2D eigenvalue weighted by Crippen LogP contribution is 2.23. The van der Waals surface area contributed by atoms with Gasteiger partial charge in [0.05, 0.1) is 5.02 Å². The number of nitrogens with two attached hydrogens (primary N) is 1. The quantitative estimate of drug-likeness (QED) is 0.902. The normalized spacial score (nSPS) is 11.4. The van der Waals surface area contributed by atoms with Gasteiger partial charge in [0, 0.05) is 17.3 Å². The van der Waals surface area contributed by atoms with E-state index in [9.17, 15) is 8.42 Å². The minimum atomic E-state index is -3.74. The molecular weight excluding hydrogens is 296 g/mol. The van der Waals surface area contributed by atoms with Crippen LogP contribution in [0.5, 0.6) is 0 Å². The lowest BCUT2D eigenvalue weighted by molar-refractivity contribution is 0.601. The minimum absolute atomic E-state index is 0.0606. The molecule has 0 bridgehead atoms. The van der Waals surface area contributed by atoms with Crippen LogP contribution in [0.2, 0.25) is 5.02 Å². The second kappa shape index (κ2) is 4.71. The predicted molar refractivity (Wildman–Crippen MR) is 71.3 cm³/mol. The van der Waals surface area contributed by atoms with Gasteiger partial charge in [0.25, 0.3) is 10.0 Å². The molecule has 0 amide bonds. The Balaban J connectivity index is 2.33. The van der Waals surface area contributed by atoms with Gasteiger partial charge < -0.3 is 5.73 Å². The standard InChI is InChI=1S/C9H9ClN4O2S2/c1-5-3-13-9(17-5)14-18(15,16)6-2-7(10)8(11)12-4-6/h2-4H,1H3,(H2,11,12)(H,13,14). The SMILES string of the molecule is Cc1cnc(NS(=O)(=O)c2cnc(N)c(Cl)c2)s1. The number of rotatable bonds is 3. The van der Waals surface area contributed by atoms with Crippen LogP contribution in [-0.2, 0) is 10.0 Å². The van der Waals surface area contributed by atoms with Gasteiger partial charge in [-0.1, -0.05) is 11.6 Å². The number of aryl methyl sites for hydroxylation is 1. The third kappa shape index (κ3) is 2.71. The molecule has 0 saturated heterocycles. The van der Waals surface area contributed by atoms with Crippen LogP contribution in [0.25, 0.3) is 0 Å². The lowest BCUT2D eigenvalue weighted by Crippen LogP contribution is -2.13. The van der Waals surface area contributed by atoms with E-state index in [4.69, 9.17) is 17.3 Å². The highest BCUT2D eigenvalue weighted by atomic mass is 35.5. The molecule has 0 aromatic carbocycles. The fourth-order valence-corrected chi connectivity index (χ4v) is 3.26. The summed E-state index contributed by atoms with van der Waals surface area (Å²) in [4.78, 5) is 8.46. The molecule has 0 saturated carbocycles. The van der Waals surface area contributed by atoms with Crippen molar-refractivity contribution in [3.63, 3.8) is 0 Å². The lowest BCUT2D eigenvalue weighted by atomic mass is 10.5. The largest absolute Gasteiger partial charge is 0.382 e. The van der Waals surface area contributed by atoms with Gasteiger partial charge in [-0.15, -0.1) is 11.3 Å². The Morgan fingerprint density at radius 2 is 2.11 bits per heavy atom. The summed E-state index contributed by atoms with van der Waals surface area (Å²) in [6.07, 6.45) is 2.72. The molecule has 0 spiro atoms. The number of aromatic nitrogens is 2. The molecule has 0 atom stereocenters. The van der Waals surface area contributed by atoms with Crippen LogP contribution in [0.1, 0.15) is 4.88 Å². The van der Waals surface area contributed by atoms with Crippen LogP contribution in [0.15, 0.2) is 23.4 Å². The Morgan fingerprint density at radius 1 is 1.39 bits per heavy atom. The molecule has 2 aromatic heterocycles. The Morgan fingerprint density at radius 3 is 2.67 bits per heavy atom. The fourth-order valence-electron chi connectivity index (χ4n) is 1.15. The monoisotopic (exact) mass is 304 g/mol. The van der Waals surface area contributed by atoms with Crippen LogP contribution < -0.4 is 10.5 Å². The van der Waals surface area contributed by atoms with E-state index in [2.05, 4.69) is 14.7 Å². The second-order valence-electron chi connectivity index (χ2n) is 3.42. The summed E-state index contributed by atoms with van der Waals surface area (Å²) < 4.78 is 26.3. The number of anilines is 2. The summed E-state index contributed by atoms with van der Waals surface area (Å²) in [5.41, 5.74) is 5.42. The van der Waals surface area contributed by atoms with E-state index in [1.807, 2.05) is 6.92 Å². The van der Waals surface area contributed by atoms with Gasteiger partial charge in [0.1, 0.15) is 10.7 Å². The zero-order chi connectivity index (χ0) is 13.3. The first-order valence-electron chi connectivity index (χ1n) is 4.75. The molecule has 2 rings (SSSR count). The third-order valence-corrected chi connectivity index (χ3v) is 4.56. The molecule has 6 nitrogen and oxygen atoms in total. The number of nitrogens with one attached hydrogen (secondary N) is 1. The van der Waals surface area contributed by atoms with E-state index in [1.54, 1.807) is 6.20 Å². The second-order valence-corrected chi connectivity index (χ2v) is 6.74. The summed E-state index contributed by atoms with van der Waals surface area (Å²) in [6.45, 7) is 1.83. The van der Waals surface area contributed by atoms with E-state index in [0.29, 0.717) is 5.13 Å². The van der Waals surface area contributed by atoms with E-state index >= 15 is 0 Å². The van der Waals surface area contributed by atoms with Gasteiger partial charge in [-0.05, 0) is 13.0 Å². The number of nitrogen functional groups attached to an aromatic ring is 1. The topological polar surface area (TPSA) is 98.0 Å². The summed E-state index contributed by atoms with van der Waals surface area (Å²) in [5, 5.41) is 0.383.